The van der Waals surface area contributed by atoms with E-state index in [0.717, 1.165) is 5.69 Å². The summed E-state index contributed by atoms with van der Waals surface area (Å²) in [7, 11) is 0. The van der Waals surface area contributed by atoms with Gasteiger partial charge in [0, 0.05) is 11.9 Å². The number of hydrogen-bond acceptors (Lipinski definition) is 2. The van der Waals surface area contributed by atoms with Crippen LogP contribution in [0.15, 0.2) is 34.9 Å². The lowest BCUT2D eigenvalue weighted by molar-refractivity contribution is 0.0660. The molecule has 0 radical (unpaired) electrons. The van der Waals surface area contributed by atoms with Crippen molar-refractivity contribution in [3.63, 3.8) is 0 Å². The van der Waals surface area contributed by atoms with Crippen molar-refractivity contribution in [1.82, 2.24) is 4.57 Å². The predicted octanol–water partition coefficient (Wildman–Crippen LogP) is 2.14. The summed E-state index contributed by atoms with van der Waals surface area (Å²) in [4.78, 5) is 10.6. The summed E-state index contributed by atoms with van der Waals surface area (Å²) in [6.45, 7) is 2.55. The largest absolute Gasteiger partial charge is 0.475 e. The van der Waals surface area contributed by atoms with Gasteiger partial charge in [0.1, 0.15) is 5.76 Å². The fourth-order valence-electron chi connectivity index (χ4n) is 1.42. The Hall–Kier alpha value is -1.97. The molecule has 0 saturated carbocycles. The second-order valence-corrected chi connectivity index (χ2v) is 3.35. The van der Waals surface area contributed by atoms with E-state index in [1.165, 1.54) is 6.07 Å². The summed E-state index contributed by atoms with van der Waals surface area (Å²) >= 11 is 0. The molecule has 4 heteroatoms. The van der Waals surface area contributed by atoms with E-state index in [1.54, 1.807) is 6.07 Å². The zero-order valence-corrected chi connectivity index (χ0v) is 8.30. The molecule has 2 aromatic heterocycles. The quantitative estimate of drug-likeness (QED) is 0.835. The van der Waals surface area contributed by atoms with Gasteiger partial charge in [0.2, 0.25) is 5.76 Å². The first-order valence-corrected chi connectivity index (χ1v) is 4.60. The smallest absolute Gasteiger partial charge is 0.371 e. The van der Waals surface area contributed by atoms with Crippen molar-refractivity contribution in [2.45, 2.75) is 13.5 Å². The first-order chi connectivity index (χ1) is 7.16. The molecule has 0 saturated heterocycles. The summed E-state index contributed by atoms with van der Waals surface area (Å²) < 4.78 is 7.14. The van der Waals surface area contributed by atoms with E-state index in [4.69, 9.17) is 9.52 Å². The Morgan fingerprint density at radius 1 is 1.47 bits per heavy atom. The number of carboxylic acids is 1. The summed E-state index contributed by atoms with van der Waals surface area (Å²) in [5.41, 5.74) is 1.11. The summed E-state index contributed by atoms with van der Waals surface area (Å²) in [5.74, 6) is -0.410. The van der Waals surface area contributed by atoms with E-state index in [-0.39, 0.29) is 5.76 Å². The Kier molecular flexibility index (Phi) is 2.33. The number of aromatic nitrogens is 1. The van der Waals surface area contributed by atoms with Gasteiger partial charge in [-0.25, -0.2) is 4.79 Å². The lowest BCUT2D eigenvalue weighted by atomic mass is 10.4. The van der Waals surface area contributed by atoms with Crippen molar-refractivity contribution in [3.05, 3.63) is 47.7 Å². The van der Waals surface area contributed by atoms with Crippen LogP contribution in [-0.2, 0) is 6.54 Å². The van der Waals surface area contributed by atoms with E-state index in [9.17, 15) is 4.79 Å². The minimum absolute atomic E-state index is 0.0187. The number of nitrogens with zero attached hydrogens (tertiary/aromatic N) is 1. The number of hydrogen-bond donors (Lipinski definition) is 1. The number of aryl methyl sites for hydroxylation is 1. The van der Waals surface area contributed by atoms with Crippen LogP contribution in [0.25, 0.3) is 0 Å². The summed E-state index contributed by atoms with van der Waals surface area (Å²) in [6, 6.07) is 7.08. The van der Waals surface area contributed by atoms with Crippen LogP contribution in [0.4, 0.5) is 0 Å². The maximum Gasteiger partial charge on any atom is 0.371 e. The van der Waals surface area contributed by atoms with Gasteiger partial charge in [-0.2, -0.15) is 0 Å². The highest BCUT2D eigenvalue weighted by Crippen LogP contribution is 2.11. The number of carbonyl (C=O) groups is 1. The molecule has 2 heterocycles. The second kappa shape index (κ2) is 3.65. The SMILES string of the molecule is Cc1cccn1Cc1ccc(C(=O)O)o1. The van der Waals surface area contributed by atoms with Gasteiger partial charge in [-0.05, 0) is 31.2 Å². The van der Waals surface area contributed by atoms with Crippen LogP contribution < -0.4 is 0 Å². The summed E-state index contributed by atoms with van der Waals surface area (Å²) in [5, 5.41) is 8.68. The van der Waals surface area contributed by atoms with Crippen molar-refractivity contribution in [1.29, 1.82) is 0 Å². The Bertz CT molecular complexity index is 481. The van der Waals surface area contributed by atoms with E-state index < -0.39 is 5.97 Å². The minimum atomic E-state index is -1.04. The Labute approximate surface area is 86.8 Å². The van der Waals surface area contributed by atoms with Crippen LogP contribution >= 0.6 is 0 Å². The van der Waals surface area contributed by atoms with Crippen molar-refractivity contribution >= 4 is 5.97 Å². The van der Waals surface area contributed by atoms with Gasteiger partial charge in [0.05, 0.1) is 6.54 Å². The fourth-order valence-corrected chi connectivity index (χ4v) is 1.42. The first-order valence-electron chi connectivity index (χ1n) is 4.60. The van der Waals surface area contributed by atoms with Crippen molar-refractivity contribution in [2.24, 2.45) is 0 Å². The maximum atomic E-state index is 10.6. The molecule has 15 heavy (non-hydrogen) atoms. The molecule has 0 unspecified atom stereocenters. The minimum Gasteiger partial charge on any atom is -0.475 e. The van der Waals surface area contributed by atoms with Crippen molar-refractivity contribution < 1.29 is 14.3 Å². The highest BCUT2D eigenvalue weighted by Gasteiger charge is 2.09. The highest BCUT2D eigenvalue weighted by molar-refractivity contribution is 5.84. The Morgan fingerprint density at radius 3 is 2.80 bits per heavy atom. The van der Waals surface area contributed by atoms with Gasteiger partial charge in [0.15, 0.2) is 0 Å². The molecule has 0 atom stereocenters. The molecule has 78 valence electrons. The normalized spacial score (nSPS) is 10.5. The average molecular weight is 205 g/mol. The molecule has 2 rings (SSSR count). The number of furan rings is 1. The van der Waals surface area contributed by atoms with E-state index in [1.807, 2.05) is 29.8 Å². The highest BCUT2D eigenvalue weighted by atomic mass is 16.4. The number of rotatable bonds is 3. The first kappa shape index (κ1) is 9.58. The third-order valence-electron chi connectivity index (χ3n) is 2.26. The van der Waals surface area contributed by atoms with E-state index in [0.29, 0.717) is 12.3 Å². The van der Waals surface area contributed by atoms with E-state index >= 15 is 0 Å². The molecule has 0 aromatic carbocycles. The van der Waals surface area contributed by atoms with Gasteiger partial charge >= 0.3 is 5.97 Å². The van der Waals surface area contributed by atoms with Crippen LogP contribution in [0.1, 0.15) is 22.0 Å². The van der Waals surface area contributed by atoms with Crippen LogP contribution in [0, 0.1) is 6.92 Å². The molecule has 0 fully saturated rings. The third-order valence-corrected chi connectivity index (χ3v) is 2.26. The molecule has 0 aliphatic rings. The Balaban J connectivity index is 2.18. The van der Waals surface area contributed by atoms with Gasteiger partial charge in [-0.3, -0.25) is 0 Å². The molecule has 1 N–H and O–H groups in total. The predicted molar refractivity (Wildman–Crippen MR) is 53.9 cm³/mol. The standard InChI is InChI=1S/C11H11NO3/c1-8-3-2-6-12(8)7-9-4-5-10(15-9)11(13)14/h2-6H,7H2,1H3,(H,13,14). The number of aromatic carboxylic acids is 1. The zero-order chi connectivity index (χ0) is 10.8. The van der Waals surface area contributed by atoms with Crippen LogP contribution in [0.2, 0.25) is 0 Å². The van der Waals surface area contributed by atoms with Crippen LogP contribution in [-0.4, -0.2) is 15.6 Å². The van der Waals surface area contributed by atoms with Gasteiger partial charge < -0.3 is 14.1 Å². The maximum absolute atomic E-state index is 10.6. The average Bonchev–Trinajstić information content (AvgIpc) is 2.77. The zero-order valence-electron chi connectivity index (χ0n) is 8.30. The molecular weight excluding hydrogens is 194 g/mol. The monoisotopic (exact) mass is 205 g/mol. The Morgan fingerprint density at radius 2 is 2.27 bits per heavy atom. The topological polar surface area (TPSA) is 55.4 Å². The number of carboxylic acid groups (broad SMARTS) is 1. The van der Waals surface area contributed by atoms with Gasteiger partial charge in [0.25, 0.3) is 0 Å². The van der Waals surface area contributed by atoms with Crippen molar-refractivity contribution in [2.75, 3.05) is 0 Å². The molecule has 0 bridgehead atoms. The molecule has 0 spiro atoms. The van der Waals surface area contributed by atoms with Gasteiger partial charge in [-0.1, -0.05) is 0 Å². The van der Waals surface area contributed by atoms with Crippen LogP contribution in [0.3, 0.4) is 0 Å². The van der Waals surface area contributed by atoms with Crippen LogP contribution in [0.5, 0.6) is 0 Å². The molecule has 0 amide bonds. The second-order valence-electron chi connectivity index (χ2n) is 3.35. The summed E-state index contributed by atoms with van der Waals surface area (Å²) in [6.07, 6.45) is 1.93. The fraction of sp³-hybridized carbons (Fsp3) is 0.182. The lowest BCUT2D eigenvalue weighted by Gasteiger charge is -2.02. The van der Waals surface area contributed by atoms with Crippen molar-refractivity contribution in [3.8, 4) is 0 Å². The third kappa shape index (κ3) is 1.93. The molecule has 4 nitrogen and oxygen atoms in total. The van der Waals surface area contributed by atoms with Gasteiger partial charge in [-0.15, -0.1) is 0 Å². The molecular formula is C11H11NO3. The molecule has 2 aromatic rings. The lowest BCUT2D eigenvalue weighted by Crippen LogP contribution is -1.98. The molecule has 0 aliphatic carbocycles. The van der Waals surface area contributed by atoms with E-state index in [2.05, 4.69) is 0 Å². The molecule has 0 aliphatic heterocycles.